The fourth-order valence-corrected chi connectivity index (χ4v) is 4.71. The van der Waals surface area contributed by atoms with Gasteiger partial charge in [0, 0.05) is 12.3 Å². The van der Waals surface area contributed by atoms with E-state index < -0.39 is 6.10 Å². The minimum atomic E-state index is -0.691. The first-order valence-corrected chi connectivity index (χ1v) is 12.2. The van der Waals surface area contributed by atoms with Crippen LogP contribution in [-0.4, -0.2) is 42.7 Å². The molecule has 0 aliphatic carbocycles. The number of nitrogens with zero attached hydrogens (tertiary/aromatic N) is 4. The van der Waals surface area contributed by atoms with Crippen molar-refractivity contribution >= 4 is 28.4 Å². The first-order chi connectivity index (χ1) is 15.8. The van der Waals surface area contributed by atoms with Crippen molar-refractivity contribution in [3.63, 3.8) is 0 Å². The Bertz CT molecular complexity index is 1320. The molecule has 0 aliphatic heterocycles. The van der Waals surface area contributed by atoms with Gasteiger partial charge in [0.05, 0.1) is 17.0 Å². The molecule has 7 nitrogen and oxygen atoms in total. The van der Waals surface area contributed by atoms with Gasteiger partial charge in [0.2, 0.25) is 5.78 Å². The van der Waals surface area contributed by atoms with E-state index in [1.54, 1.807) is 4.57 Å². The summed E-state index contributed by atoms with van der Waals surface area (Å²) < 4.78 is 9.54. The van der Waals surface area contributed by atoms with Gasteiger partial charge >= 0.3 is 0 Å². The summed E-state index contributed by atoms with van der Waals surface area (Å²) in [6.07, 6.45) is 0.123. The maximum absolute atomic E-state index is 12.9. The highest BCUT2D eigenvalue weighted by Gasteiger charge is 2.20. The molecule has 0 radical (unpaired) electrons. The van der Waals surface area contributed by atoms with Gasteiger partial charge in [-0.1, -0.05) is 69.8 Å². The summed E-state index contributed by atoms with van der Waals surface area (Å²) in [7, 11) is 0. The minimum absolute atomic E-state index is 0.0495. The average molecular weight is 467 g/mol. The summed E-state index contributed by atoms with van der Waals surface area (Å²) in [5.41, 5.74) is 1.76. The third-order valence-electron chi connectivity index (χ3n) is 5.46. The molecule has 4 rings (SSSR count). The number of rotatable bonds is 8. The van der Waals surface area contributed by atoms with Crippen LogP contribution in [0.4, 0.5) is 0 Å². The Morgan fingerprint density at radius 2 is 1.82 bits per heavy atom. The van der Waals surface area contributed by atoms with Crippen molar-refractivity contribution in [1.82, 2.24) is 19.2 Å². The van der Waals surface area contributed by atoms with Gasteiger partial charge in [-0.15, -0.1) is 10.2 Å². The first kappa shape index (κ1) is 23.3. The Morgan fingerprint density at radius 3 is 2.58 bits per heavy atom. The summed E-state index contributed by atoms with van der Waals surface area (Å²) >= 11 is 1.40. The fourth-order valence-electron chi connectivity index (χ4n) is 3.87. The Kier molecular flexibility index (Phi) is 6.76. The van der Waals surface area contributed by atoms with Crippen LogP contribution in [0.5, 0.6) is 5.75 Å². The molecule has 2 aromatic heterocycles. The number of aromatic nitrogens is 4. The van der Waals surface area contributed by atoms with E-state index in [9.17, 15) is 9.90 Å². The third-order valence-corrected chi connectivity index (χ3v) is 6.53. The van der Waals surface area contributed by atoms with Crippen molar-refractivity contribution < 1.29 is 9.84 Å². The molecule has 4 aromatic rings. The van der Waals surface area contributed by atoms with Crippen molar-refractivity contribution in [2.75, 3.05) is 12.4 Å². The number of hydrogen-bond donors (Lipinski definition) is 1. The molecule has 0 fully saturated rings. The molecule has 1 atom stereocenters. The molecule has 1 N–H and O–H groups in total. The van der Waals surface area contributed by atoms with E-state index >= 15 is 0 Å². The molecule has 33 heavy (non-hydrogen) atoms. The maximum Gasteiger partial charge on any atom is 0.262 e. The van der Waals surface area contributed by atoms with Gasteiger partial charge in [-0.05, 0) is 35.6 Å². The summed E-state index contributed by atoms with van der Waals surface area (Å²) in [6, 6.07) is 15.4. The Morgan fingerprint density at radius 1 is 1.09 bits per heavy atom. The molecule has 2 aromatic carbocycles. The van der Waals surface area contributed by atoms with Crippen molar-refractivity contribution in [3.8, 4) is 5.75 Å². The SMILES string of the molecule is CCCn1c(=O)c2ccccc2n2c(SCC(O)COc3ccccc3C(C)(C)C)nnc12. The van der Waals surface area contributed by atoms with Gasteiger partial charge in [-0.3, -0.25) is 13.8 Å². The number of ether oxygens (including phenoxy) is 1. The molecule has 174 valence electrons. The first-order valence-electron chi connectivity index (χ1n) is 11.2. The molecular formula is C25H30N4O3S. The summed E-state index contributed by atoms with van der Waals surface area (Å²) in [5.74, 6) is 1.70. The van der Waals surface area contributed by atoms with Gasteiger partial charge in [0.25, 0.3) is 5.56 Å². The normalized spacial score (nSPS) is 13.0. The van der Waals surface area contributed by atoms with Gasteiger partial charge in [0.1, 0.15) is 12.4 Å². The van der Waals surface area contributed by atoms with Crippen molar-refractivity contribution in [1.29, 1.82) is 0 Å². The van der Waals surface area contributed by atoms with Crippen molar-refractivity contribution in [3.05, 3.63) is 64.4 Å². The van der Waals surface area contributed by atoms with Crippen LogP contribution in [0.1, 0.15) is 39.7 Å². The lowest BCUT2D eigenvalue weighted by Crippen LogP contribution is -2.23. The summed E-state index contributed by atoms with van der Waals surface area (Å²) in [6.45, 7) is 9.19. The van der Waals surface area contributed by atoms with Crippen LogP contribution in [0, 0.1) is 0 Å². The van der Waals surface area contributed by atoms with E-state index in [1.165, 1.54) is 11.8 Å². The Hall–Kier alpha value is -2.84. The standard InChI is InChI=1S/C25H30N4O3S/c1-5-14-28-22(31)18-10-6-8-12-20(18)29-23(28)26-27-24(29)33-16-17(30)15-32-21-13-9-7-11-19(21)25(2,3)4/h6-13,17,30H,5,14-16H2,1-4H3. The lowest BCUT2D eigenvalue weighted by Gasteiger charge is -2.23. The number of benzene rings is 2. The Labute approximate surface area is 197 Å². The smallest absolute Gasteiger partial charge is 0.262 e. The van der Waals surface area contributed by atoms with Crippen LogP contribution in [0.3, 0.4) is 0 Å². The number of thioether (sulfide) groups is 1. The van der Waals surface area contributed by atoms with Gasteiger partial charge in [-0.25, -0.2) is 0 Å². The molecule has 0 spiro atoms. The molecule has 8 heteroatoms. The van der Waals surface area contributed by atoms with E-state index in [4.69, 9.17) is 4.74 Å². The van der Waals surface area contributed by atoms with Gasteiger partial charge in [-0.2, -0.15) is 0 Å². The number of fused-ring (bicyclic) bond motifs is 3. The largest absolute Gasteiger partial charge is 0.491 e. The predicted octanol–water partition coefficient (Wildman–Crippen LogP) is 4.28. The average Bonchev–Trinajstić information content (AvgIpc) is 3.22. The number of para-hydroxylation sites is 2. The monoisotopic (exact) mass is 466 g/mol. The highest BCUT2D eigenvalue weighted by Crippen LogP contribution is 2.31. The topological polar surface area (TPSA) is 81.7 Å². The van der Waals surface area contributed by atoms with Crippen LogP contribution >= 0.6 is 11.8 Å². The number of aliphatic hydroxyl groups is 1. The third kappa shape index (κ3) is 4.77. The Balaban J connectivity index is 1.54. The highest BCUT2D eigenvalue weighted by molar-refractivity contribution is 7.99. The molecule has 0 saturated carbocycles. The zero-order valence-electron chi connectivity index (χ0n) is 19.5. The van der Waals surface area contributed by atoms with Gasteiger partial charge < -0.3 is 9.84 Å². The zero-order valence-corrected chi connectivity index (χ0v) is 20.3. The van der Waals surface area contributed by atoms with Crippen molar-refractivity contribution in [2.24, 2.45) is 0 Å². The second kappa shape index (κ2) is 9.57. The van der Waals surface area contributed by atoms with E-state index in [0.717, 1.165) is 23.3 Å². The molecule has 0 amide bonds. The van der Waals surface area contributed by atoms with E-state index in [2.05, 4.69) is 37.0 Å². The maximum atomic E-state index is 12.9. The molecule has 0 bridgehead atoms. The quantitative estimate of drug-likeness (QED) is 0.390. The van der Waals surface area contributed by atoms with Crippen LogP contribution < -0.4 is 10.3 Å². The van der Waals surface area contributed by atoms with E-state index in [1.807, 2.05) is 53.8 Å². The molecule has 1 unspecified atom stereocenters. The lowest BCUT2D eigenvalue weighted by atomic mass is 9.86. The molecule has 2 heterocycles. The molecule has 0 aliphatic rings. The van der Waals surface area contributed by atoms with Crippen molar-refractivity contribution in [2.45, 2.75) is 57.3 Å². The number of aryl methyl sites for hydroxylation is 1. The molecule has 0 saturated heterocycles. The van der Waals surface area contributed by atoms with E-state index in [0.29, 0.717) is 28.6 Å². The molecular weight excluding hydrogens is 436 g/mol. The summed E-state index contributed by atoms with van der Waals surface area (Å²) in [5, 5.41) is 20.5. The highest BCUT2D eigenvalue weighted by atomic mass is 32.2. The van der Waals surface area contributed by atoms with Crippen LogP contribution in [0.2, 0.25) is 0 Å². The number of hydrogen-bond acceptors (Lipinski definition) is 6. The predicted molar refractivity (Wildman–Crippen MR) is 132 cm³/mol. The minimum Gasteiger partial charge on any atom is -0.491 e. The van der Waals surface area contributed by atoms with Crippen LogP contribution in [-0.2, 0) is 12.0 Å². The van der Waals surface area contributed by atoms with Crippen LogP contribution in [0.25, 0.3) is 16.7 Å². The zero-order chi connectivity index (χ0) is 23.6. The number of aliphatic hydroxyl groups excluding tert-OH is 1. The second-order valence-electron chi connectivity index (χ2n) is 9.11. The fraction of sp³-hybridized carbons (Fsp3) is 0.400. The lowest BCUT2D eigenvalue weighted by molar-refractivity contribution is 0.125. The van der Waals surface area contributed by atoms with E-state index in [-0.39, 0.29) is 17.6 Å². The summed E-state index contributed by atoms with van der Waals surface area (Å²) in [4.78, 5) is 12.9. The van der Waals surface area contributed by atoms with Crippen LogP contribution in [0.15, 0.2) is 58.5 Å². The van der Waals surface area contributed by atoms with Gasteiger partial charge in [0.15, 0.2) is 5.16 Å². The second-order valence-corrected chi connectivity index (χ2v) is 10.1.